The van der Waals surface area contributed by atoms with Crippen LogP contribution in [0.2, 0.25) is 5.02 Å². The molecule has 4 aliphatic heterocycles. The number of likely N-dealkylation sites (N-methyl/N-ethyl adjacent to an activating group) is 1. The summed E-state index contributed by atoms with van der Waals surface area (Å²) in [6.07, 6.45) is -4.09. The van der Waals surface area contributed by atoms with E-state index in [1.165, 1.54) is 23.9 Å². The molecule has 3 amide bonds. The number of halogens is 4. The molecule has 12 nitrogen and oxygen atoms in total. The number of nitrogens with zero attached hydrogens (tertiary/aromatic N) is 5. The number of carbonyl (C=O) groups is 3. The highest BCUT2D eigenvalue weighted by Crippen LogP contribution is 2.26. The predicted molar refractivity (Wildman–Crippen MR) is 171 cm³/mol. The van der Waals surface area contributed by atoms with Crippen LogP contribution in [-0.4, -0.2) is 95.6 Å². The molecule has 0 unspecified atom stereocenters. The first-order valence-corrected chi connectivity index (χ1v) is 15.4. The van der Waals surface area contributed by atoms with Crippen LogP contribution in [0.4, 0.5) is 19.1 Å². The lowest BCUT2D eigenvalue weighted by Gasteiger charge is -2.33. The Morgan fingerprint density at radius 2 is 1.77 bits per heavy atom. The lowest BCUT2D eigenvalue weighted by Crippen LogP contribution is -2.49. The van der Waals surface area contributed by atoms with Gasteiger partial charge >= 0.3 is 24.0 Å². The maximum Gasteiger partial charge on any atom is 0.422 e. The van der Waals surface area contributed by atoms with E-state index in [0.717, 1.165) is 0 Å². The van der Waals surface area contributed by atoms with Gasteiger partial charge < -0.3 is 29.9 Å². The topological polar surface area (TPSA) is 139 Å². The Morgan fingerprint density at radius 1 is 1.06 bits per heavy atom. The fourth-order valence-electron chi connectivity index (χ4n) is 4.69. The summed E-state index contributed by atoms with van der Waals surface area (Å²) in [6, 6.07) is 11.2. The SMILES string of the molecule is CN(C)C(=O)C(=O)N1CCCOc2ccc(cc2Cl)CNc2nc(nc(OCC(F)(F)F)n2)Cc2ccc(cc2)C(=O)NCC(C)(C)C1. The first-order chi connectivity index (χ1) is 22.6. The number of carbonyl (C=O) groups excluding carboxylic acids is 3. The van der Waals surface area contributed by atoms with Crippen molar-refractivity contribution < 1.29 is 37.0 Å². The van der Waals surface area contributed by atoms with Gasteiger partial charge in [-0.2, -0.15) is 28.1 Å². The molecule has 48 heavy (non-hydrogen) atoms. The summed E-state index contributed by atoms with van der Waals surface area (Å²) in [4.78, 5) is 53.8. The predicted octanol–water partition coefficient (Wildman–Crippen LogP) is 4.12. The lowest BCUT2D eigenvalue weighted by atomic mass is 9.92. The van der Waals surface area contributed by atoms with E-state index in [2.05, 4.69) is 25.6 Å². The van der Waals surface area contributed by atoms with E-state index in [0.29, 0.717) is 33.9 Å². The number of nitrogens with one attached hydrogen (secondary N) is 2. The quantitative estimate of drug-likeness (QED) is 0.380. The van der Waals surface area contributed by atoms with Crippen LogP contribution in [0.15, 0.2) is 42.5 Å². The zero-order chi connectivity index (χ0) is 35.1. The Bertz CT molecular complexity index is 1620. The van der Waals surface area contributed by atoms with Crippen LogP contribution in [0.5, 0.6) is 11.8 Å². The van der Waals surface area contributed by atoms with Crippen molar-refractivity contribution in [3.8, 4) is 11.8 Å². The number of ether oxygens (including phenoxy) is 2. The van der Waals surface area contributed by atoms with Gasteiger partial charge in [-0.05, 0) is 47.2 Å². The third-order valence-electron chi connectivity index (χ3n) is 7.10. The Kier molecular flexibility index (Phi) is 11.7. The van der Waals surface area contributed by atoms with E-state index < -0.39 is 36.0 Å². The molecule has 16 heteroatoms. The summed E-state index contributed by atoms with van der Waals surface area (Å²) in [5.74, 6) is -1.13. The minimum Gasteiger partial charge on any atom is -0.492 e. The largest absolute Gasteiger partial charge is 0.492 e. The zero-order valence-corrected chi connectivity index (χ0v) is 27.7. The molecular weight excluding hydrogens is 655 g/mol. The van der Waals surface area contributed by atoms with Gasteiger partial charge in [0.15, 0.2) is 6.61 Å². The molecule has 2 aromatic carbocycles. The molecule has 0 atom stereocenters. The highest BCUT2D eigenvalue weighted by atomic mass is 35.5. The van der Waals surface area contributed by atoms with Crippen molar-refractivity contribution in [3.63, 3.8) is 0 Å². The third-order valence-corrected chi connectivity index (χ3v) is 7.40. The first-order valence-electron chi connectivity index (χ1n) is 15.1. The van der Waals surface area contributed by atoms with Gasteiger partial charge in [-0.25, -0.2) is 0 Å². The normalized spacial score (nSPS) is 15.8. The van der Waals surface area contributed by atoms with E-state index >= 15 is 0 Å². The highest BCUT2D eigenvalue weighted by Gasteiger charge is 2.31. The molecule has 3 aromatic rings. The second kappa shape index (κ2) is 15.5. The van der Waals surface area contributed by atoms with Crippen LogP contribution in [0.25, 0.3) is 0 Å². The third kappa shape index (κ3) is 10.7. The molecule has 0 fully saturated rings. The van der Waals surface area contributed by atoms with Gasteiger partial charge in [0, 0.05) is 52.3 Å². The fourth-order valence-corrected chi connectivity index (χ4v) is 4.94. The van der Waals surface area contributed by atoms with E-state index in [1.807, 2.05) is 13.8 Å². The maximum atomic E-state index is 13.1. The molecule has 0 spiro atoms. The van der Waals surface area contributed by atoms with Gasteiger partial charge in [0.25, 0.3) is 5.91 Å². The van der Waals surface area contributed by atoms with Crippen molar-refractivity contribution >= 4 is 35.3 Å². The number of rotatable bonds is 2. The lowest BCUT2D eigenvalue weighted by molar-refractivity contribution is -0.154. The van der Waals surface area contributed by atoms with Gasteiger partial charge in [0.05, 0.1) is 11.6 Å². The molecule has 0 radical (unpaired) electrons. The van der Waals surface area contributed by atoms with E-state index in [4.69, 9.17) is 21.1 Å². The maximum absolute atomic E-state index is 13.1. The second-order valence-corrected chi connectivity index (χ2v) is 12.6. The summed E-state index contributed by atoms with van der Waals surface area (Å²) in [5, 5.41) is 6.17. The summed E-state index contributed by atoms with van der Waals surface area (Å²) in [5.41, 5.74) is 1.15. The molecular formula is C32H37ClF3N7O5. The number of hydrogen-bond acceptors (Lipinski definition) is 9. The fraction of sp³-hybridized carbons (Fsp3) is 0.438. The number of anilines is 1. The summed E-state index contributed by atoms with van der Waals surface area (Å²) < 4.78 is 49.3. The summed E-state index contributed by atoms with van der Waals surface area (Å²) in [6.45, 7) is 3.16. The summed E-state index contributed by atoms with van der Waals surface area (Å²) in [7, 11) is 3.01. The van der Waals surface area contributed by atoms with Crippen molar-refractivity contribution in [2.45, 2.75) is 39.4 Å². The molecule has 0 saturated carbocycles. The Balaban J connectivity index is 1.62. The molecule has 7 rings (SSSR count). The van der Waals surface area contributed by atoms with Crippen LogP contribution in [0.1, 0.15) is 47.6 Å². The van der Waals surface area contributed by atoms with Crippen LogP contribution < -0.4 is 20.1 Å². The van der Waals surface area contributed by atoms with Gasteiger partial charge in [0.2, 0.25) is 5.95 Å². The van der Waals surface area contributed by atoms with Crippen molar-refractivity contribution in [3.05, 3.63) is 70.0 Å². The number of aromatic nitrogens is 3. The Morgan fingerprint density at radius 3 is 2.44 bits per heavy atom. The first kappa shape index (κ1) is 36.2. The molecule has 5 heterocycles. The van der Waals surface area contributed by atoms with Crippen LogP contribution >= 0.6 is 11.6 Å². The van der Waals surface area contributed by atoms with Crippen LogP contribution in [0, 0.1) is 5.41 Å². The van der Waals surface area contributed by atoms with E-state index in [9.17, 15) is 27.6 Å². The summed E-state index contributed by atoms with van der Waals surface area (Å²) >= 11 is 6.47. The van der Waals surface area contributed by atoms with Gasteiger partial charge in [-0.1, -0.05) is 43.6 Å². The van der Waals surface area contributed by atoms with Gasteiger partial charge in [-0.3, -0.25) is 14.4 Å². The standard InChI is InChI=1S/C32H37ClF3N7O5/c1-31(2)17-38-26(44)22-9-6-20(7-10-22)15-25-39-29(41-30(40-25)48-19-32(34,35)36)37-16-21-8-11-24(23(33)14-21)47-13-5-12-43(18-31)28(46)27(45)42(3)4/h6-11,14H,5,12-13,15-19H2,1-4H3,(H,38,44)(H,37,39,40,41). The monoisotopic (exact) mass is 691 g/mol. The van der Waals surface area contributed by atoms with Crippen molar-refractivity contribution in [2.24, 2.45) is 5.41 Å². The Labute approximate surface area is 281 Å². The van der Waals surface area contributed by atoms with Crippen LogP contribution in [-0.2, 0) is 22.6 Å². The van der Waals surface area contributed by atoms with E-state index in [1.54, 1.807) is 42.5 Å². The number of alkyl halides is 3. The van der Waals surface area contributed by atoms with Crippen LogP contribution in [0.3, 0.4) is 0 Å². The minimum atomic E-state index is -4.59. The molecule has 0 aliphatic carbocycles. The zero-order valence-electron chi connectivity index (χ0n) is 27.0. The Hall–Kier alpha value is -4.66. The second-order valence-electron chi connectivity index (χ2n) is 12.2. The molecule has 6 bridgehead atoms. The minimum absolute atomic E-state index is 0.00598. The number of amides is 3. The highest BCUT2D eigenvalue weighted by molar-refractivity contribution is 6.34. The smallest absolute Gasteiger partial charge is 0.422 e. The number of hydrogen-bond donors (Lipinski definition) is 2. The van der Waals surface area contributed by atoms with Gasteiger partial charge in [-0.15, -0.1) is 0 Å². The number of benzene rings is 2. The van der Waals surface area contributed by atoms with Crippen molar-refractivity contribution in [1.82, 2.24) is 30.1 Å². The molecule has 1 aromatic heterocycles. The average Bonchev–Trinajstić information content (AvgIpc) is 3.02. The average molecular weight is 692 g/mol. The molecule has 0 saturated heterocycles. The molecule has 2 N–H and O–H groups in total. The van der Waals surface area contributed by atoms with Gasteiger partial charge in [0.1, 0.15) is 11.6 Å². The molecule has 4 aliphatic rings. The van der Waals surface area contributed by atoms with Crippen molar-refractivity contribution in [1.29, 1.82) is 0 Å². The molecule has 258 valence electrons. The van der Waals surface area contributed by atoms with Crippen molar-refractivity contribution in [2.75, 3.05) is 52.3 Å². The van der Waals surface area contributed by atoms with E-state index in [-0.39, 0.29) is 56.9 Å².